The third-order valence-electron chi connectivity index (χ3n) is 4.28. The van der Waals surface area contributed by atoms with Crippen LogP contribution in [0.5, 0.6) is 5.75 Å². The molecule has 2 saturated heterocycles. The summed E-state index contributed by atoms with van der Waals surface area (Å²) in [4.78, 5) is 14.2. The van der Waals surface area contributed by atoms with Gasteiger partial charge in [-0.25, -0.2) is 0 Å². The van der Waals surface area contributed by atoms with Crippen molar-refractivity contribution in [3.8, 4) is 5.75 Å². The second kappa shape index (κ2) is 7.61. The molecule has 1 aromatic rings. The molecule has 2 aliphatic rings. The number of ether oxygens (including phenoxy) is 2. The molecule has 0 spiro atoms. The van der Waals surface area contributed by atoms with Crippen LogP contribution in [-0.2, 0) is 4.74 Å². The van der Waals surface area contributed by atoms with Crippen LogP contribution in [0.2, 0.25) is 0 Å². The molecule has 0 radical (unpaired) electrons. The van der Waals surface area contributed by atoms with Crippen LogP contribution < -0.4 is 10.1 Å². The Hall–Kier alpha value is -1.59. The van der Waals surface area contributed by atoms with Gasteiger partial charge in [-0.05, 0) is 43.7 Å². The number of carbonyl (C=O) groups is 1. The monoisotopic (exact) mass is 304 g/mol. The van der Waals surface area contributed by atoms with Crippen molar-refractivity contribution in [2.24, 2.45) is 5.92 Å². The zero-order chi connectivity index (χ0) is 15.2. The van der Waals surface area contributed by atoms with Crippen LogP contribution in [0.3, 0.4) is 0 Å². The van der Waals surface area contributed by atoms with Crippen LogP contribution in [0.15, 0.2) is 24.3 Å². The minimum absolute atomic E-state index is 0.0753. The van der Waals surface area contributed by atoms with E-state index in [9.17, 15) is 4.79 Å². The van der Waals surface area contributed by atoms with Gasteiger partial charge in [0.15, 0.2) is 0 Å². The topological polar surface area (TPSA) is 50.8 Å². The second-order valence-electron chi connectivity index (χ2n) is 5.95. The van der Waals surface area contributed by atoms with Gasteiger partial charge in [-0.15, -0.1) is 0 Å². The molecule has 0 saturated carbocycles. The molecule has 2 fully saturated rings. The van der Waals surface area contributed by atoms with E-state index in [0.717, 1.165) is 25.4 Å². The van der Waals surface area contributed by atoms with Gasteiger partial charge in [0.1, 0.15) is 5.75 Å². The molecule has 2 heterocycles. The van der Waals surface area contributed by atoms with Gasteiger partial charge in [-0.1, -0.05) is 0 Å². The first-order valence-corrected chi connectivity index (χ1v) is 8.13. The maximum absolute atomic E-state index is 12.3. The van der Waals surface area contributed by atoms with Crippen LogP contribution in [-0.4, -0.2) is 56.8 Å². The second-order valence-corrected chi connectivity index (χ2v) is 5.95. The fourth-order valence-electron chi connectivity index (χ4n) is 2.92. The highest BCUT2D eigenvalue weighted by atomic mass is 16.5. The fourth-order valence-corrected chi connectivity index (χ4v) is 2.92. The van der Waals surface area contributed by atoms with E-state index in [0.29, 0.717) is 37.8 Å². The van der Waals surface area contributed by atoms with Crippen molar-refractivity contribution in [3.05, 3.63) is 29.8 Å². The van der Waals surface area contributed by atoms with Gasteiger partial charge in [0.25, 0.3) is 5.91 Å². The van der Waals surface area contributed by atoms with E-state index >= 15 is 0 Å². The highest BCUT2D eigenvalue weighted by Gasteiger charge is 2.18. The molecule has 1 unspecified atom stereocenters. The number of hydrogen-bond acceptors (Lipinski definition) is 4. The van der Waals surface area contributed by atoms with E-state index < -0.39 is 0 Å². The average molecular weight is 304 g/mol. The zero-order valence-corrected chi connectivity index (χ0v) is 12.9. The highest BCUT2D eigenvalue weighted by molar-refractivity contribution is 5.94. The normalized spacial score (nSPS) is 22.4. The first-order chi connectivity index (χ1) is 10.8. The van der Waals surface area contributed by atoms with E-state index in [1.54, 1.807) is 0 Å². The van der Waals surface area contributed by atoms with Gasteiger partial charge in [0.05, 0.1) is 19.8 Å². The number of nitrogens with one attached hydrogen (secondary N) is 1. The van der Waals surface area contributed by atoms with Crippen LogP contribution in [0, 0.1) is 5.92 Å². The predicted octanol–water partition coefficient (Wildman–Crippen LogP) is 1.54. The smallest absolute Gasteiger partial charge is 0.254 e. The van der Waals surface area contributed by atoms with Crippen LogP contribution >= 0.6 is 0 Å². The van der Waals surface area contributed by atoms with Crippen LogP contribution in [0.4, 0.5) is 0 Å². The van der Waals surface area contributed by atoms with Crippen molar-refractivity contribution in [1.29, 1.82) is 0 Å². The highest BCUT2D eigenvalue weighted by Crippen LogP contribution is 2.17. The Morgan fingerprint density at radius 1 is 1.27 bits per heavy atom. The van der Waals surface area contributed by atoms with E-state index in [2.05, 4.69) is 5.32 Å². The largest absolute Gasteiger partial charge is 0.493 e. The molecule has 1 aromatic carbocycles. The summed E-state index contributed by atoms with van der Waals surface area (Å²) in [6.07, 6.45) is 2.45. The predicted molar refractivity (Wildman–Crippen MR) is 84.3 cm³/mol. The first kappa shape index (κ1) is 15.3. The lowest BCUT2D eigenvalue weighted by Gasteiger charge is -2.27. The number of piperidine rings is 1. The summed E-state index contributed by atoms with van der Waals surface area (Å²) in [6.45, 7) is 5.49. The van der Waals surface area contributed by atoms with Crippen molar-refractivity contribution >= 4 is 5.91 Å². The van der Waals surface area contributed by atoms with E-state index in [1.807, 2.05) is 29.2 Å². The van der Waals surface area contributed by atoms with Crippen molar-refractivity contribution < 1.29 is 14.3 Å². The van der Waals surface area contributed by atoms with Crippen molar-refractivity contribution in [2.45, 2.75) is 12.8 Å². The summed E-state index contributed by atoms with van der Waals surface area (Å²) in [6, 6.07) is 7.49. The van der Waals surface area contributed by atoms with Gasteiger partial charge in [0, 0.05) is 31.1 Å². The van der Waals surface area contributed by atoms with Gasteiger partial charge in [-0.2, -0.15) is 0 Å². The fraction of sp³-hybridized carbons (Fsp3) is 0.588. The molecule has 1 N–H and O–H groups in total. The third-order valence-corrected chi connectivity index (χ3v) is 4.28. The Kier molecular flexibility index (Phi) is 5.29. The molecular formula is C17H24N2O3. The lowest BCUT2D eigenvalue weighted by Crippen LogP contribution is -2.40. The number of rotatable bonds is 4. The molecule has 120 valence electrons. The van der Waals surface area contributed by atoms with Gasteiger partial charge in [0.2, 0.25) is 0 Å². The molecule has 0 bridgehead atoms. The lowest BCUT2D eigenvalue weighted by atomic mass is 10.0. The number of amides is 1. The van der Waals surface area contributed by atoms with Crippen molar-refractivity contribution in [1.82, 2.24) is 10.2 Å². The van der Waals surface area contributed by atoms with Crippen molar-refractivity contribution in [2.75, 3.05) is 46.0 Å². The van der Waals surface area contributed by atoms with Gasteiger partial charge >= 0.3 is 0 Å². The van der Waals surface area contributed by atoms with Crippen LogP contribution in [0.1, 0.15) is 23.2 Å². The first-order valence-electron chi connectivity index (χ1n) is 8.13. The van der Waals surface area contributed by atoms with Gasteiger partial charge < -0.3 is 19.7 Å². The summed E-state index contributed by atoms with van der Waals surface area (Å²) in [5.74, 6) is 1.50. The van der Waals surface area contributed by atoms with E-state index in [4.69, 9.17) is 9.47 Å². The summed E-state index contributed by atoms with van der Waals surface area (Å²) in [7, 11) is 0. The Morgan fingerprint density at radius 3 is 2.73 bits per heavy atom. The Morgan fingerprint density at radius 2 is 2.05 bits per heavy atom. The lowest BCUT2D eigenvalue weighted by molar-refractivity contribution is 0.0303. The summed E-state index contributed by atoms with van der Waals surface area (Å²) >= 11 is 0. The molecule has 5 nitrogen and oxygen atoms in total. The molecule has 2 aliphatic heterocycles. The standard InChI is InChI=1S/C17H24N2O3/c20-17(19-8-10-21-11-9-19)15-3-5-16(6-4-15)22-13-14-2-1-7-18-12-14/h3-6,14,18H,1-2,7-13H2. The Bertz CT molecular complexity index is 477. The molecule has 22 heavy (non-hydrogen) atoms. The minimum atomic E-state index is 0.0753. The van der Waals surface area contributed by atoms with Crippen LogP contribution in [0.25, 0.3) is 0 Å². The quantitative estimate of drug-likeness (QED) is 0.917. The molecule has 1 amide bonds. The summed E-state index contributed by atoms with van der Waals surface area (Å²) < 4.78 is 11.1. The van der Waals surface area contributed by atoms with E-state index in [1.165, 1.54) is 12.8 Å². The maximum Gasteiger partial charge on any atom is 0.254 e. The van der Waals surface area contributed by atoms with E-state index in [-0.39, 0.29) is 5.91 Å². The zero-order valence-electron chi connectivity index (χ0n) is 12.9. The molecular weight excluding hydrogens is 280 g/mol. The number of morpholine rings is 1. The molecule has 3 rings (SSSR count). The minimum Gasteiger partial charge on any atom is -0.493 e. The number of carbonyl (C=O) groups excluding carboxylic acids is 1. The third kappa shape index (κ3) is 3.99. The maximum atomic E-state index is 12.3. The Labute approximate surface area is 131 Å². The van der Waals surface area contributed by atoms with Gasteiger partial charge in [-0.3, -0.25) is 4.79 Å². The van der Waals surface area contributed by atoms with Crippen molar-refractivity contribution in [3.63, 3.8) is 0 Å². The molecule has 0 aliphatic carbocycles. The SMILES string of the molecule is O=C(c1ccc(OCC2CCCNC2)cc1)N1CCOCC1. The molecule has 5 heteroatoms. The summed E-state index contributed by atoms with van der Waals surface area (Å²) in [5, 5.41) is 3.39. The average Bonchev–Trinajstić information content (AvgIpc) is 2.61. The summed E-state index contributed by atoms with van der Waals surface area (Å²) in [5.41, 5.74) is 0.716. The number of nitrogens with zero attached hydrogens (tertiary/aromatic N) is 1. The number of benzene rings is 1. The molecule has 0 aromatic heterocycles. The Balaban J connectivity index is 1.51. The molecule has 1 atom stereocenters. The number of hydrogen-bond donors (Lipinski definition) is 1.